The summed E-state index contributed by atoms with van der Waals surface area (Å²) in [6, 6.07) is 9.01. The molecule has 1 aliphatic rings. The Labute approximate surface area is 173 Å². The van der Waals surface area contributed by atoms with Crippen molar-refractivity contribution < 1.29 is 18.7 Å². The van der Waals surface area contributed by atoms with Crippen LogP contribution in [0.25, 0.3) is 10.9 Å². The zero-order valence-electron chi connectivity index (χ0n) is 16.9. The lowest BCUT2D eigenvalue weighted by atomic mass is 10.0. The molecule has 1 N–H and O–H groups in total. The third-order valence-corrected chi connectivity index (χ3v) is 5.24. The fourth-order valence-electron chi connectivity index (χ4n) is 3.80. The summed E-state index contributed by atoms with van der Waals surface area (Å²) in [5, 5.41) is 0.781. The third kappa shape index (κ3) is 3.56. The van der Waals surface area contributed by atoms with Crippen molar-refractivity contribution in [1.29, 1.82) is 0 Å². The molecule has 0 radical (unpaired) electrons. The van der Waals surface area contributed by atoms with Crippen LogP contribution in [0.1, 0.15) is 33.4 Å². The van der Waals surface area contributed by atoms with Gasteiger partial charge in [-0.15, -0.1) is 0 Å². The minimum Gasteiger partial charge on any atom is -0.462 e. The molecule has 0 spiro atoms. The quantitative estimate of drug-likeness (QED) is 0.666. The number of benzene rings is 1. The lowest BCUT2D eigenvalue weighted by Gasteiger charge is -2.36. The number of carbonyl (C=O) groups excluding carboxylic acids is 2. The molecule has 30 heavy (non-hydrogen) atoms. The number of furan rings is 1. The number of nitrogens with one attached hydrogen (secondary N) is 1. The van der Waals surface area contributed by atoms with E-state index in [2.05, 4.69) is 4.98 Å². The summed E-state index contributed by atoms with van der Waals surface area (Å²) in [5.74, 6) is -0.518. The first-order chi connectivity index (χ1) is 14.5. The molecule has 3 aromatic rings. The Morgan fingerprint density at radius 1 is 1.17 bits per heavy atom. The van der Waals surface area contributed by atoms with Crippen molar-refractivity contribution in [2.45, 2.75) is 13.8 Å². The summed E-state index contributed by atoms with van der Waals surface area (Å²) >= 11 is 0. The Morgan fingerprint density at radius 3 is 2.60 bits per heavy atom. The molecule has 2 aromatic heterocycles. The van der Waals surface area contributed by atoms with E-state index in [4.69, 9.17) is 9.15 Å². The summed E-state index contributed by atoms with van der Waals surface area (Å²) in [5.41, 5.74) is 1.75. The molecule has 156 valence electrons. The molecule has 1 aromatic carbocycles. The van der Waals surface area contributed by atoms with Gasteiger partial charge < -0.3 is 23.9 Å². The summed E-state index contributed by atoms with van der Waals surface area (Å²) in [6.07, 6.45) is 1.47. The Morgan fingerprint density at radius 2 is 1.93 bits per heavy atom. The second-order valence-electron chi connectivity index (χ2n) is 7.20. The molecule has 1 amide bonds. The number of aromatic amines is 1. The monoisotopic (exact) mass is 409 g/mol. The number of pyridine rings is 1. The van der Waals surface area contributed by atoms with Gasteiger partial charge in [0.2, 0.25) is 0 Å². The molecule has 0 saturated carbocycles. The van der Waals surface area contributed by atoms with E-state index in [0.717, 1.165) is 10.9 Å². The van der Waals surface area contributed by atoms with Crippen LogP contribution >= 0.6 is 0 Å². The van der Waals surface area contributed by atoms with Crippen molar-refractivity contribution in [3.63, 3.8) is 0 Å². The molecule has 8 heteroatoms. The first-order valence-electron chi connectivity index (χ1n) is 9.91. The van der Waals surface area contributed by atoms with Crippen LogP contribution in [-0.2, 0) is 4.74 Å². The van der Waals surface area contributed by atoms with Crippen molar-refractivity contribution in [1.82, 2.24) is 9.88 Å². The number of aryl methyl sites for hydroxylation is 1. The zero-order valence-corrected chi connectivity index (χ0v) is 16.9. The van der Waals surface area contributed by atoms with E-state index >= 15 is 0 Å². The normalized spacial score (nSPS) is 14.2. The van der Waals surface area contributed by atoms with Gasteiger partial charge in [0.15, 0.2) is 5.76 Å². The number of aromatic nitrogens is 1. The summed E-state index contributed by atoms with van der Waals surface area (Å²) < 4.78 is 10.4. The summed E-state index contributed by atoms with van der Waals surface area (Å²) in [4.78, 5) is 44.4. The molecular formula is C22H23N3O5. The van der Waals surface area contributed by atoms with Crippen molar-refractivity contribution >= 4 is 28.5 Å². The molecule has 0 bridgehead atoms. The van der Waals surface area contributed by atoms with Crippen molar-refractivity contribution in [3.8, 4) is 0 Å². The smallest absolute Gasteiger partial charge is 0.345 e. The van der Waals surface area contributed by atoms with Gasteiger partial charge in [0.25, 0.3) is 11.5 Å². The number of ether oxygens (including phenoxy) is 1. The molecule has 0 unspecified atom stereocenters. The number of piperazine rings is 1. The van der Waals surface area contributed by atoms with E-state index in [1.165, 1.54) is 6.26 Å². The van der Waals surface area contributed by atoms with Gasteiger partial charge in [0, 0.05) is 31.6 Å². The minimum absolute atomic E-state index is 0.000705. The van der Waals surface area contributed by atoms with Gasteiger partial charge >= 0.3 is 5.97 Å². The number of carbonyl (C=O) groups is 2. The number of fused-ring (bicyclic) bond motifs is 1. The number of amides is 1. The molecule has 3 heterocycles. The maximum atomic E-state index is 12.8. The average Bonchev–Trinajstić information content (AvgIpc) is 3.28. The Hall–Kier alpha value is -3.55. The van der Waals surface area contributed by atoms with Crippen LogP contribution < -0.4 is 10.5 Å². The molecule has 0 atom stereocenters. The molecular weight excluding hydrogens is 386 g/mol. The van der Waals surface area contributed by atoms with E-state index < -0.39 is 11.5 Å². The second kappa shape index (κ2) is 8.06. The molecule has 8 nitrogen and oxygen atoms in total. The van der Waals surface area contributed by atoms with Gasteiger partial charge in [-0.05, 0) is 38.1 Å². The van der Waals surface area contributed by atoms with Gasteiger partial charge in [-0.1, -0.05) is 11.6 Å². The van der Waals surface area contributed by atoms with Crippen molar-refractivity contribution in [2.24, 2.45) is 0 Å². The number of H-pyrrole nitrogens is 1. The highest BCUT2D eigenvalue weighted by Crippen LogP contribution is 2.30. The number of anilines is 1. The Balaban J connectivity index is 1.71. The molecule has 0 aliphatic carbocycles. The number of hydrogen-bond donors (Lipinski definition) is 1. The van der Waals surface area contributed by atoms with Gasteiger partial charge in [-0.3, -0.25) is 9.59 Å². The highest BCUT2D eigenvalue weighted by atomic mass is 16.5. The topological polar surface area (TPSA) is 95.8 Å². The van der Waals surface area contributed by atoms with Gasteiger partial charge in [0.05, 0.1) is 24.1 Å². The lowest BCUT2D eigenvalue weighted by molar-refractivity contribution is 0.0524. The minimum atomic E-state index is -0.647. The Kier molecular flexibility index (Phi) is 5.31. The maximum Gasteiger partial charge on any atom is 0.345 e. The van der Waals surface area contributed by atoms with Crippen LogP contribution in [0.2, 0.25) is 0 Å². The molecule has 1 saturated heterocycles. The first-order valence-corrected chi connectivity index (χ1v) is 9.91. The highest BCUT2D eigenvalue weighted by Gasteiger charge is 2.29. The van der Waals surface area contributed by atoms with Crippen molar-refractivity contribution in [3.05, 3.63) is 63.8 Å². The fraction of sp³-hybridized carbons (Fsp3) is 0.318. The van der Waals surface area contributed by atoms with Crippen LogP contribution in [-0.4, -0.2) is 54.5 Å². The molecule has 1 aliphatic heterocycles. The first kappa shape index (κ1) is 19.8. The number of nitrogens with zero attached hydrogens (tertiary/aromatic N) is 2. The highest BCUT2D eigenvalue weighted by molar-refractivity contribution is 6.05. The predicted octanol–water partition coefficient (Wildman–Crippen LogP) is 2.57. The van der Waals surface area contributed by atoms with Crippen LogP contribution in [0.4, 0.5) is 5.69 Å². The van der Waals surface area contributed by atoms with E-state index in [1.54, 1.807) is 24.0 Å². The summed E-state index contributed by atoms with van der Waals surface area (Å²) in [6.45, 7) is 5.68. The average molecular weight is 409 g/mol. The SMILES string of the molecule is CCOC(=O)c1c(N2CCN(C(=O)c3ccco3)CC2)c2cc(C)ccc2[nH]c1=O. The van der Waals surface area contributed by atoms with E-state index in [-0.39, 0.29) is 18.1 Å². The standard InChI is InChI=1S/C22H23N3O5/c1-3-29-22(28)18-19(15-13-14(2)6-7-16(15)23-20(18)26)24-8-10-25(11-9-24)21(27)17-5-4-12-30-17/h4-7,12-13H,3,8-11H2,1-2H3,(H,23,26). The number of esters is 1. The van der Waals surface area contributed by atoms with Crippen LogP contribution in [0.5, 0.6) is 0 Å². The van der Waals surface area contributed by atoms with Crippen LogP contribution in [0, 0.1) is 6.92 Å². The Bertz CT molecular complexity index is 1140. The second-order valence-corrected chi connectivity index (χ2v) is 7.20. The molecule has 1 fully saturated rings. The van der Waals surface area contributed by atoms with E-state index in [9.17, 15) is 14.4 Å². The maximum absolute atomic E-state index is 12.8. The lowest BCUT2D eigenvalue weighted by Crippen LogP contribution is -2.49. The van der Waals surface area contributed by atoms with Gasteiger partial charge in [0.1, 0.15) is 5.56 Å². The van der Waals surface area contributed by atoms with E-state index in [0.29, 0.717) is 43.1 Å². The predicted molar refractivity (Wildman–Crippen MR) is 112 cm³/mol. The number of rotatable bonds is 4. The van der Waals surface area contributed by atoms with E-state index in [1.807, 2.05) is 30.0 Å². The fourth-order valence-corrected chi connectivity index (χ4v) is 3.80. The van der Waals surface area contributed by atoms with Gasteiger partial charge in [-0.2, -0.15) is 0 Å². The zero-order chi connectivity index (χ0) is 21.3. The molecule has 4 rings (SSSR count). The summed E-state index contributed by atoms with van der Waals surface area (Å²) in [7, 11) is 0. The van der Waals surface area contributed by atoms with Gasteiger partial charge in [-0.25, -0.2) is 4.79 Å². The number of hydrogen-bond acceptors (Lipinski definition) is 6. The largest absolute Gasteiger partial charge is 0.462 e. The third-order valence-electron chi connectivity index (χ3n) is 5.24. The van der Waals surface area contributed by atoms with Crippen LogP contribution in [0.15, 0.2) is 45.8 Å². The van der Waals surface area contributed by atoms with Crippen LogP contribution in [0.3, 0.4) is 0 Å². The van der Waals surface area contributed by atoms with Crippen molar-refractivity contribution in [2.75, 3.05) is 37.7 Å².